The highest BCUT2D eigenvalue weighted by Crippen LogP contribution is 2.22. The monoisotopic (exact) mass is 445 g/mol. The summed E-state index contributed by atoms with van der Waals surface area (Å²) in [4.78, 5) is 38.2. The Balaban J connectivity index is 1.07. The largest absolute Gasteiger partial charge is 0.494 e. The summed E-state index contributed by atoms with van der Waals surface area (Å²) in [5.74, 6) is 0.919. The van der Waals surface area contributed by atoms with Crippen molar-refractivity contribution in [2.24, 2.45) is 0 Å². The van der Waals surface area contributed by atoms with Gasteiger partial charge >= 0.3 is 5.69 Å². The number of carbonyl (C=O) groups is 1. The lowest BCUT2D eigenvalue weighted by Crippen LogP contribution is -2.48. The van der Waals surface area contributed by atoms with Crippen molar-refractivity contribution in [1.29, 1.82) is 0 Å². The Kier molecular flexibility index (Phi) is 6.08. The molecule has 0 aliphatic carbocycles. The molecule has 0 unspecified atom stereocenters. The molecule has 2 aromatic carbocycles. The van der Waals surface area contributed by atoms with E-state index in [-0.39, 0.29) is 11.6 Å². The number of pyridine rings is 1. The number of aromatic amines is 2. The van der Waals surface area contributed by atoms with Gasteiger partial charge in [0.05, 0.1) is 17.6 Å². The smallest absolute Gasteiger partial charge is 0.325 e. The molecule has 1 aliphatic rings. The van der Waals surface area contributed by atoms with Crippen LogP contribution in [-0.4, -0.2) is 63.4 Å². The molecule has 1 fully saturated rings. The summed E-state index contributed by atoms with van der Waals surface area (Å²) in [6.45, 7) is 4.77. The summed E-state index contributed by atoms with van der Waals surface area (Å²) in [6, 6.07) is 18.0. The standard InChI is InChI=1S/C25H27N5O3/c31-23(30-12-10-29(11-13-30)17-18-5-2-1-3-6-18)7-4-14-33-20-8-9-21-19(15-20)16-22-24(26-21)28-25(32)27-22/h1-3,5-6,8-9,15-16H,4,7,10-14,17H2,(H2,26,27,28,32). The molecule has 0 atom stereocenters. The van der Waals surface area contributed by atoms with Crippen LogP contribution < -0.4 is 10.4 Å². The maximum absolute atomic E-state index is 12.6. The maximum Gasteiger partial charge on any atom is 0.325 e. The van der Waals surface area contributed by atoms with Gasteiger partial charge in [-0.2, -0.15) is 0 Å². The van der Waals surface area contributed by atoms with Gasteiger partial charge in [-0.3, -0.25) is 14.7 Å². The van der Waals surface area contributed by atoms with Crippen LogP contribution in [0.4, 0.5) is 0 Å². The average molecular weight is 446 g/mol. The molecule has 0 saturated carbocycles. The molecule has 1 saturated heterocycles. The molecule has 8 heteroatoms. The van der Waals surface area contributed by atoms with Crippen molar-refractivity contribution in [3.63, 3.8) is 0 Å². The second-order valence-electron chi connectivity index (χ2n) is 8.41. The van der Waals surface area contributed by atoms with Gasteiger partial charge in [-0.15, -0.1) is 0 Å². The fourth-order valence-electron chi connectivity index (χ4n) is 4.26. The van der Waals surface area contributed by atoms with E-state index in [4.69, 9.17) is 4.74 Å². The fourth-order valence-corrected chi connectivity index (χ4v) is 4.26. The molecule has 0 spiro atoms. The molecular weight excluding hydrogens is 418 g/mol. The van der Waals surface area contributed by atoms with E-state index < -0.39 is 0 Å². The number of rotatable bonds is 7. The Morgan fingerprint density at radius 2 is 1.82 bits per heavy atom. The topological polar surface area (TPSA) is 94.3 Å². The normalized spacial score (nSPS) is 14.7. The van der Waals surface area contributed by atoms with Crippen LogP contribution in [0.15, 0.2) is 59.4 Å². The van der Waals surface area contributed by atoms with Gasteiger partial charge < -0.3 is 14.6 Å². The third kappa shape index (κ3) is 5.06. The first-order valence-electron chi connectivity index (χ1n) is 11.3. The molecule has 0 radical (unpaired) electrons. The Bertz CT molecular complexity index is 1310. The van der Waals surface area contributed by atoms with Crippen molar-refractivity contribution < 1.29 is 9.53 Å². The lowest BCUT2D eigenvalue weighted by atomic mass is 10.2. The first-order valence-corrected chi connectivity index (χ1v) is 11.3. The van der Waals surface area contributed by atoms with E-state index in [9.17, 15) is 9.59 Å². The van der Waals surface area contributed by atoms with Crippen LogP contribution in [0.1, 0.15) is 18.4 Å². The molecule has 33 heavy (non-hydrogen) atoms. The zero-order chi connectivity index (χ0) is 22.6. The lowest BCUT2D eigenvalue weighted by Gasteiger charge is -2.34. The fraction of sp³-hybridized carbons (Fsp3) is 0.320. The van der Waals surface area contributed by atoms with Gasteiger partial charge in [0.2, 0.25) is 5.91 Å². The van der Waals surface area contributed by atoms with E-state index in [1.807, 2.05) is 35.2 Å². The van der Waals surface area contributed by atoms with Crippen LogP contribution in [0.2, 0.25) is 0 Å². The number of hydrogen-bond donors (Lipinski definition) is 2. The Hall–Kier alpha value is -3.65. The number of imidazole rings is 1. The molecule has 0 bridgehead atoms. The van der Waals surface area contributed by atoms with Gasteiger partial charge in [0, 0.05) is 44.5 Å². The number of nitrogens with one attached hydrogen (secondary N) is 2. The molecule has 170 valence electrons. The molecule has 5 rings (SSSR count). The van der Waals surface area contributed by atoms with Crippen LogP contribution in [0.25, 0.3) is 22.1 Å². The number of piperazine rings is 1. The van der Waals surface area contributed by atoms with Gasteiger partial charge in [0.25, 0.3) is 0 Å². The summed E-state index contributed by atoms with van der Waals surface area (Å²) in [5, 5.41) is 0.889. The Labute approximate surface area is 191 Å². The number of ether oxygens (including phenoxy) is 1. The van der Waals surface area contributed by atoms with E-state index in [2.05, 4.69) is 44.1 Å². The summed E-state index contributed by atoms with van der Waals surface area (Å²) < 4.78 is 5.87. The van der Waals surface area contributed by atoms with Crippen molar-refractivity contribution in [2.75, 3.05) is 32.8 Å². The predicted molar refractivity (Wildman–Crippen MR) is 127 cm³/mol. The van der Waals surface area contributed by atoms with Gasteiger partial charge in [0.1, 0.15) is 5.75 Å². The summed E-state index contributed by atoms with van der Waals surface area (Å²) in [5.41, 5.74) is 3.03. The highest BCUT2D eigenvalue weighted by molar-refractivity contribution is 5.90. The van der Waals surface area contributed by atoms with Crippen molar-refractivity contribution in [3.8, 4) is 5.75 Å². The molecule has 2 aromatic heterocycles. The van der Waals surface area contributed by atoms with Crippen molar-refractivity contribution in [1.82, 2.24) is 24.8 Å². The second kappa shape index (κ2) is 9.46. The molecule has 1 amide bonds. The number of amides is 1. The number of carbonyl (C=O) groups excluding carboxylic acids is 1. The second-order valence-corrected chi connectivity index (χ2v) is 8.41. The molecular formula is C25H27N5O3. The number of nitrogens with zero attached hydrogens (tertiary/aromatic N) is 3. The van der Waals surface area contributed by atoms with E-state index in [1.54, 1.807) is 0 Å². The predicted octanol–water partition coefficient (Wildman–Crippen LogP) is 2.91. The molecule has 1 aliphatic heterocycles. The quantitative estimate of drug-likeness (QED) is 0.427. The Morgan fingerprint density at radius 1 is 1.00 bits per heavy atom. The van der Waals surface area contributed by atoms with Crippen LogP contribution in [0, 0.1) is 0 Å². The first-order chi connectivity index (χ1) is 16.1. The van der Waals surface area contributed by atoms with Crippen molar-refractivity contribution in [2.45, 2.75) is 19.4 Å². The van der Waals surface area contributed by atoms with Gasteiger partial charge in [-0.25, -0.2) is 9.78 Å². The number of benzene rings is 2. The Morgan fingerprint density at radius 3 is 2.64 bits per heavy atom. The van der Waals surface area contributed by atoms with Gasteiger partial charge in [0.15, 0.2) is 5.65 Å². The zero-order valence-corrected chi connectivity index (χ0v) is 18.4. The molecule has 4 aromatic rings. The van der Waals surface area contributed by atoms with E-state index in [0.29, 0.717) is 30.6 Å². The average Bonchev–Trinajstić information content (AvgIpc) is 3.20. The summed E-state index contributed by atoms with van der Waals surface area (Å²) >= 11 is 0. The number of aromatic nitrogens is 3. The minimum absolute atomic E-state index is 0.194. The first kappa shape index (κ1) is 21.2. The lowest BCUT2D eigenvalue weighted by molar-refractivity contribution is -0.133. The molecule has 8 nitrogen and oxygen atoms in total. The van der Waals surface area contributed by atoms with Gasteiger partial charge in [-0.1, -0.05) is 30.3 Å². The zero-order valence-electron chi connectivity index (χ0n) is 18.4. The summed E-state index contributed by atoms with van der Waals surface area (Å²) in [7, 11) is 0. The third-order valence-electron chi connectivity index (χ3n) is 6.04. The number of hydrogen-bond acceptors (Lipinski definition) is 5. The van der Waals surface area contributed by atoms with Crippen LogP contribution >= 0.6 is 0 Å². The highest BCUT2D eigenvalue weighted by Gasteiger charge is 2.20. The van der Waals surface area contributed by atoms with Crippen molar-refractivity contribution in [3.05, 3.63) is 70.6 Å². The number of fused-ring (bicyclic) bond motifs is 2. The third-order valence-corrected chi connectivity index (χ3v) is 6.04. The minimum Gasteiger partial charge on any atom is -0.494 e. The molecule has 2 N–H and O–H groups in total. The van der Waals surface area contributed by atoms with Gasteiger partial charge in [-0.05, 0) is 36.2 Å². The van der Waals surface area contributed by atoms with Crippen LogP contribution in [0.5, 0.6) is 5.75 Å². The number of H-pyrrole nitrogens is 2. The van der Waals surface area contributed by atoms with Crippen molar-refractivity contribution >= 4 is 28.0 Å². The van der Waals surface area contributed by atoms with Crippen LogP contribution in [-0.2, 0) is 11.3 Å². The molecule has 3 heterocycles. The van der Waals surface area contributed by atoms with E-state index in [0.717, 1.165) is 49.4 Å². The minimum atomic E-state index is -0.272. The van der Waals surface area contributed by atoms with E-state index >= 15 is 0 Å². The van der Waals surface area contributed by atoms with E-state index in [1.165, 1.54) is 5.56 Å². The highest BCUT2D eigenvalue weighted by atomic mass is 16.5. The van der Waals surface area contributed by atoms with Crippen LogP contribution in [0.3, 0.4) is 0 Å². The summed E-state index contributed by atoms with van der Waals surface area (Å²) in [6.07, 6.45) is 1.16. The maximum atomic E-state index is 12.6. The SMILES string of the molecule is O=C(CCCOc1ccc2nc3[nH]c(=O)[nH]c3cc2c1)N1CCN(Cc2ccccc2)CC1.